The summed E-state index contributed by atoms with van der Waals surface area (Å²) >= 11 is 0. The van der Waals surface area contributed by atoms with Crippen molar-refractivity contribution in [3.63, 3.8) is 0 Å². The van der Waals surface area contributed by atoms with Crippen LogP contribution in [0.5, 0.6) is 5.75 Å². The van der Waals surface area contributed by atoms with Crippen molar-refractivity contribution >= 4 is 10.1 Å². The molecule has 0 saturated heterocycles. The van der Waals surface area contributed by atoms with Crippen LogP contribution in [-0.4, -0.2) is 8.42 Å². The summed E-state index contributed by atoms with van der Waals surface area (Å²) in [7, 11) is -3.82. The van der Waals surface area contributed by atoms with Crippen molar-refractivity contribution in [2.24, 2.45) is 0 Å². The number of benzene rings is 2. The molecule has 0 aromatic heterocycles. The Morgan fingerprint density at radius 3 is 2.17 bits per heavy atom. The van der Waals surface area contributed by atoms with Crippen molar-refractivity contribution < 1.29 is 12.6 Å². The Kier molecular flexibility index (Phi) is 6.85. The SMILES string of the molecule is CCCCc1cccc(S(=O)(=O)Oc2ccccc2)c1CCCC. The largest absolute Gasteiger partial charge is 0.379 e. The zero-order valence-corrected chi connectivity index (χ0v) is 15.3. The number of aryl methyl sites for hydroxylation is 1. The fraction of sp³-hybridized carbons (Fsp3) is 0.400. The van der Waals surface area contributed by atoms with Crippen LogP contribution < -0.4 is 4.18 Å². The molecule has 0 aliphatic rings. The molecule has 2 rings (SSSR count). The van der Waals surface area contributed by atoms with Crippen LogP contribution in [0.25, 0.3) is 0 Å². The van der Waals surface area contributed by atoms with Gasteiger partial charge in [0.1, 0.15) is 10.6 Å². The van der Waals surface area contributed by atoms with Crippen LogP contribution in [0, 0.1) is 0 Å². The molecule has 0 unspecified atom stereocenters. The highest BCUT2D eigenvalue weighted by molar-refractivity contribution is 7.87. The van der Waals surface area contributed by atoms with Gasteiger partial charge in [-0.2, -0.15) is 8.42 Å². The first-order valence-electron chi connectivity index (χ1n) is 8.68. The summed E-state index contributed by atoms with van der Waals surface area (Å²) in [4.78, 5) is 0.313. The summed E-state index contributed by atoms with van der Waals surface area (Å²) in [5, 5.41) is 0. The normalized spacial score (nSPS) is 11.4. The summed E-state index contributed by atoms with van der Waals surface area (Å²) in [6, 6.07) is 14.2. The van der Waals surface area contributed by atoms with E-state index in [-0.39, 0.29) is 0 Å². The number of hydrogen-bond donors (Lipinski definition) is 0. The van der Waals surface area contributed by atoms with Crippen molar-refractivity contribution in [1.29, 1.82) is 0 Å². The molecule has 24 heavy (non-hydrogen) atoms. The van der Waals surface area contributed by atoms with E-state index in [1.54, 1.807) is 30.3 Å². The summed E-state index contributed by atoms with van der Waals surface area (Å²) in [6.45, 7) is 4.26. The predicted octanol–water partition coefficient (Wildman–Crippen LogP) is 5.14. The van der Waals surface area contributed by atoms with Gasteiger partial charge >= 0.3 is 10.1 Å². The maximum Gasteiger partial charge on any atom is 0.339 e. The molecule has 4 heteroatoms. The summed E-state index contributed by atoms with van der Waals surface area (Å²) < 4.78 is 30.9. The van der Waals surface area contributed by atoms with E-state index in [1.807, 2.05) is 18.2 Å². The quantitative estimate of drug-likeness (QED) is 0.591. The molecule has 0 radical (unpaired) electrons. The molecule has 0 spiro atoms. The van der Waals surface area contributed by atoms with Gasteiger partial charge in [-0.15, -0.1) is 0 Å². The van der Waals surface area contributed by atoms with Gasteiger partial charge in [0.15, 0.2) is 0 Å². The molecular weight excluding hydrogens is 320 g/mol. The van der Waals surface area contributed by atoms with Gasteiger partial charge in [-0.05, 0) is 55.0 Å². The molecule has 3 nitrogen and oxygen atoms in total. The van der Waals surface area contributed by atoms with E-state index in [1.165, 1.54) is 0 Å². The minimum atomic E-state index is -3.82. The zero-order chi connectivity index (χ0) is 17.4. The van der Waals surface area contributed by atoms with E-state index in [0.29, 0.717) is 10.6 Å². The maximum atomic E-state index is 12.8. The van der Waals surface area contributed by atoms with E-state index in [2.05, 4.69) is 13.8 Å². The highest BCUT2D eigenvalue weighted by Gasteiger charge is 2.22. The van der Waals surface area contributed by atoms with Crippen molar-refractivity contribution in [2.45, 2.75) is 57.3 Å². The van der Waals surface area contributed by atoms with Crippen LogP contribution in [0.3, 0.4) is 0 Å². The van der Waals surface area contributed by atoms with Crippen LogP contribution in [0.4, 0.5) is 0 Å². The summed E-state index contributed by atoms with van der Waals surface area (Å²) in [6.07, 6.45) is 5.82. The van der Waals surface area contributed by atoms with Crippen molar-refractivity contribution in [3.05, 3.63) is 59.7 Å². The van der Waals surface area contributed by atoms with E-state index < -0.39 is 10.1 Å². The molecule has 2 aromatic rings. The van der Waals surface area contributed by atoms with Gasteiger partial charge in [0.25, 0.3) is 0 Å². The smallest absolute Gasteiger partial charge is 0.339 e. The molecule has 0 N–H and O–H groups in total. The van der Waals surface area contributed by atoms with Gasteiger partial charge in [0.2, 0.25) is 0 Å². The summed E-state index contributed by atoms with van der Waals surface area (Å²) in [5.74, 6) is 0.345. The Hall–Kier alpha value is -1.81. The lowest BCUT2D eigenvalue weighted by Crippen LogP contribution is -2.14. The molecule has 0 saturated carbocycles. The topological polar surface area (TPSA) is 43.4 Å². The van der Waals surface area contributed by atoms with Gasteiger partial charge in [0.05, 0.1) is 0 Å². The van der Waals surface area contributed by atoms with Crippen molar-refractivity contribution in [1.82, 2.24) is 0 Å². The lowest BCUT2D eigenvalue weighted by molar-refractivity contribution is 0.484. The average Bonchev–Trinajstić information content (AvgIpc) is 2.58. The van der Waals surface area contributed by atoms with Gasteiger partial charge in [-0.1, -0.05) is 57.0 Å². The third-order valence-corrected chi connectivity index (χ3v) is 5.36. The average molecular weight is 346 g/mol. The molecule has 0 aliphatic carbocycles. The van der Waals surface area contributed by atoms with E-state index in [0.717, 1.165) is 49.7 Å². The Labute approximate surface area is 145 Å². The van der Waals surface area contributed by atoms with Crippen LogP contribution in [0.2, 0.25) is 0 Å². The first-order valence-corrected chi connectivity index (χ1v) is 10.1. The molecule has 0 heterocycles. The number of rotatable bonds is 9. The Balaban J connectivity index is 2.39. The molecule has 130 valence electrons. The second-order valence-electron chi connectivity index (χ2n) is 5.95. The van der Waals surface area contributed by atoms with Gasteiger partial charge < -0.3 is 4.18 Å². The molecule has 0 bridgehead atoms. The molecule has 0 amide bonds. The third kappa shape index (κ3) is 4.84. The molecule has 0 atom stereocenters. The Bertz CT molecular complexity index is 737. The van der Waals surface area contributed by atoms with Crippen molar-refractivity contribution in [3.8, 4) is 5.75 Å². The highest BCUT2D eigenvalue weighted by Crippen LogP contribution is 2.26. The molecule has 0 aliphatic heterocycles. The molecule has 0 fully saturated rings. The fourth-order valence-electron chi connectivity index (χ4n) is 2.73. The van der Waals surface area contributed by atoms with Crippen LogP contribution in [0.1, 0.15) is 50.7 Å². The number of unbranched alkanes of at least 4 members (excludes halogenated alkanes) is 2. The van der Waals surface area contributed by atoms with E-state index in [4.69, 9.17) is 4.18 Å². The van der Waals surface area contributed by atoms with Crippen LogP contribution in [0.15, 0.2) is 53.4 Å². The third-order valence-electron chi connectivity index (χ3n) is 4.03. The maximum absolute atomic E-state index is 12.8. The standard InChI is InChI=1S/C20H26O3S/c1-3-5-11-17-12-10-16-20(19(17)15-6-4-2)24(21,22)23-18-13-8-7-9-14-18/h7-10,12-14,16H,3-6,11,15H2,1-2H3. The Morgan fingerprint density at radius 1 is 0.833 bits per heavy atom. The second-order valence-corrected chi connectivity index (χ2v) is 7.47. The molecule has 2 aromatic carbocycles. The highest BCUT2D eigenvalue weighted by atomic mass is 32.2. The van der Waals surface area contributed by atoms with E-state index in [9.17, 15) is 8.42 Å². The summed E-state index contributed by atoms with van der Waals surface area (Å²) in [5.41, 5.74) is 2.05. The fourth-order valence-corrected chi connectivity index (χ4v) is 3.97. The zero-order valence-electron chi connectivity index (χ0n) is 14.5. The lowest BCUT2D eigenvalue weighted by Gasteiger charge is -2.15. The molecular formula is C20H26O3S. The minimum absolute atomic E-state index is 0.313. The van der Waals surface area contributed by atoms with Gasteiger partial charge in [-0.3, -0.25) is 0 Å². The monoisotopic (exact) mass is 346 g/mol. The number of para-hydroxylation sites is 1. The first kappa shape index (κ1) is 18.5. The van der Waals surface area contributed by atoms with Gasteiger partial charge in [0, 0.05) is 0 Å². The first-order chi connectivity index (χ1) is 11.6. The van der Waals surface area contributed by atoms with E-state index >= 15 is 0 Å². The Morgan fingerprint density at radius 2 is 1.50 bits per heavy atom. The lowest BCUT2D eigenvalue weighted by atomic mass is 9.98. The number of hydrogen-bond acceptors (Lipinski definition) is 3. The van der Waals surface area contributed by atoms with Crippen LogP contribution in [-0.2, 0) is 23.0 Å². The second kappa shape index (κ2) is 8.88. The van der Waals surface area contributed by atoms with Gasteiger partial charge in [-0.25, -0.2) is 0 Å². The minimum Gasteiger partial charge on any atom is -0.379 e. The van der Waals surface area contributed by atoms with Crippen LogP contribution >= 0.6 is 0 Å². The van der Waals surface area contributed by atoms with Crippen molar-refractivity contribution in [2.75, 3.05) is 0 Å². The predicted molar refractivity (Wildman–Crippen MR) is 97.9 cm³/mol.